The number of hydrogen-bond donors (Lipinski definition) is 0. The second-order valence-corrected chi connectivity index (χ2v) is 2.56. The third-order valence-electron chi connectivity index (χ3n) is 1.50. The van der Waals surface area contributed by atoms with Gasteiger partial charge in [-0.05, 0) is 12.1 Å². The van der Waals surface area contributed by atoms with E-state index in [1.165, 1.54) is 12.1 Å². The van der Waals surface area contributed by atoms with Crippen molar-refractivity contribution in [1.82, 2.24) is 4.57 Å². The summed E-state index contributed by atoms with van der Waals surface area (Å²) in [5.74, 6) is 0. The average Bonchev–Trinajstić information content (AvgIpc) is 2.16. The first kappa shape index (κ1) is 9.25. The van der Waals surface area contributed by atoms with Crippen molar-refractivity contribution in [1.29, 1.82) is 0 Å². The smallest absolute Gasteiger partial charge is 0.269 e. The fraction of sp³-hybridized carbons (Fsp3) is 0.111. The highest BCUT2D eigenvalue weighted by molar-refractivity contribution is 5.25. The first-order chi connectivity index (χ1) is 6.20. The van der Waals surface area contributed by atoms with Crippen LogP contribution in [0.1, 0.15) is 0 Å². The zero-order valence-electron chi connectivity index (χ0n) is 7.25. The molecule has 68 valence electrons. The lowest BCUT2D eigenvalue weighted by Crippen LogP contribution is -1.84. The van der Waals surface area contributed by atoms with Gasteiger partial charge in [-0.2, -0.15) is 0 Å². The van der Waals surface area contributed by atoms with Crippen LogP contribution < -0.4 is 0 Å². The van der Waals surface area contributed by atoms with Crippen LogP contribution in [0.5, 0.6) is 0 Å². The predicted molar refractivity (Wildman–Crippen MR) is 49.7 cm³/mol. The van der Waals surface area contributed by atoms with Gasteiger partial charge in [0.2, 0.25) is 0 Å². The van der Waals surface area contributed by atoms with Crippen molar-refractivity contribution in [3.63, 3.8) is 0 Å². The topological polar surface area (TPSA) is 48.1 Å². The van der Waals surface area contributed by atoms with Crippen LogP contribution in [0.4, 0.5) is 5.69 Å². The van der Waals surface area contributed by atoms with Crippen LogP contribution in [0.3, 0.4) is 0 Å². The fourth-order valence-electron chi connectivity index (χ4n) is 0.844. The SMILES string of the molecule is Cn1ccccc([N+](=O)[O-])ccc1. The lowest BCUT2D eigenvalue weighted by molar-refractivity contribution is -0.384. The van der Waals surface area contributed by atoms with Gasteiger partial charge in [0.05, 0.1) is 4.92 Å². The van der Waals surface area contributed by atoms with Gasteiger partial charge in [0, 0.05) is 31.6 Å². The Morgan fingerprint density at radius 3 is 2.54 bits per heavy atom. The molecule has 0 aliphatic heterocycles. The highest BCUT2D eigenvalue weighted by atomic mass is 16.6. The molecule has 1 aromatic heterocycles. The standard InChI is InChI=1S/C9H10N2O2/c1-10-7-3-2-5-9(11(12)13)6-4-8-10/h2-8H,1H3. The second kappa shape index (κ2) is 4.25. The molecule has 13 heavy (non-hydrogen) atoms. The molecule has 0 radical (unpaired) electrons. The van der Waals surface area contributed by atoms with Crippen LogP contribution in [0, 0.1) is 10.1 Å². The van der Waals surface area contributed by atoms with E-state index in [0.29, 0.717) is 0 Å². The maximum Gasteiger partial charge on any atom is 0.269 e. The molecule has 1 rings (SSSR count). The monoisotopic (exact) mass is 178 g/mol. The Labute approximate surface area is 75.9 Å². The molecular weight excluding hydrogens is 168 g/mol. The molecule has 0 bridgehead atoms. The van der Waals surface area contributed by atoms with Gasteiger partial charge in [0.1, 0.15) is 0 Å². The van der Waals surface area contributed by atoms with Gasteiger partial charge in [-0.1, -0.05) is 6.07 Å². The molecule has 0 unspecified atom stereocenters. The quantitative estimate of drug-likeness (QED) is 0.488. The maximum absolute atomic E-state index is 10.4. The van der Waals surface area contributed by atoms with Gasteiger partial charge >= 0.3 is 0 Å². The molecule has 0 spiro atoms. The summed E-state index contributed by atoms with van der Waals surface area (Å²) in [4.78, 5) is 10.0. The van der Waals surface area contributed by atoms with Crippen LogP contribution in [0.25, 0.3) is 0 Å². The van der Waals surface area contributed by atoms with Gasteiger partial charge in [-0.3, -0.25) is 10.1 Å². The van der Waals surface area contributed by atoms with Crippen LogP contribution >= 0.6 is 0 Å². The van der Waals surface area contributed by atoms with Crippen molar-refractivity contribution >= 4 is 5.69 Å². The van der Waals surface area contributed by atoms with Gasteiger partial charge in [0.15, 0.2) is 0 Å². The molecular formula is C9H10N2O2. The van der Waals surface area contributed by atoms with Gasteiger partial charge in [-0.15, -0.1) is 0 Å². The summed E-state index contributed by atoms with van der Waals surface area (Å²) in [6.07, 6.45) is 3.55. The molecule has 0 aliphatic carbocycles. The van der Waals surface area contributed by atoms with E-state index in [2.05, 4.69) is 0 Å². The zero-order chi connectivity index (χ0) is 9.68. The number of nitro groups is 1. The Morgan fingerprint density at radius 2 is 1.85 bits per heavy atom. The number of nitrogens with zero attached hydrogens (tertiary/aromatic N) is 2. The fourth-order valence-corrected chi connectivity index (χ4v) is 0.844. The highest BCUT2D eigenvalue weighted by Gasteiger charge is 1.97. The van der Waals surface area contributed by atoms with Crippen LogP contribution in [0.2, 0.25) is 0 Å². The lowest BCUT2D eigenvalue weighted by atomic mass is 10.4. The molecule has 0 aromatic carbocycles. The average molecular weight is 178 g/mol. The normalized spacial score (nSPS) is 9.00. The summed E-state index contributed by atoms with van der Waals surface area (Å²) in [5, 5.41) is 10.4. The lowest BCUT2D eigenvalue weighted by Gasteiger charge is -1.86. The Balaban J connectivity index is 3.24. The van der Waals surface area contributed by atoms with Crippen molar-refractivity contribution < 1.29 is 4.92 Å². The van der Waals surface area contributed by atoms with Crippen molar-refractivity contribution in [2.45, 2.75) is 0 Å². The van der Waals surface area contributed by atoms with Crippen molar-refractivity contribution in [2.24, 2.45) is 7.05 Å². The molecule has 1 aromatic rings. The van der Waals surface area contributed by atoms with E-state index >= 15 is 0 Å². The second-order valence-electron chi connectivity index (χ2n) is 2.56. The number of hydrogen-bond acceptors (Lipinski definition) is 2. The minimum Gasteiger partial charge on any atom is -0.357 e. The molecule has 0 fully saturated rings. The van der Waals surface area contributed by atoms with E-state index in [1.54, 1.807) is 24.4 Å². The summed E-state index contributed by atoms with van der Waals surface area (Å²) in [6, 6.07) is 7.93. The van der Waals surface area contributed by atoms with E-state index in [4.69, 9.17) is 0 Å². The van der Waals surface area contributed by atoms with Crippen LogP contribution in [0.15, 0.2) is 42.7 Å². The molecule has 0 saturated carbocycles. The molecule has 1 heterocycles. The maximum atomic E-state index is 10.4. The van der Waals surface area contributed by atoms with E-state index in [-0.39, 0.29) is 5.69 Å². The molecule has 0 saturated heterocycles. The first-order valence-electron chi connectivity index (χ1n) is 3.80. The van der Waals surface area contributed by atoms with Gasteiger partial charge in [0.25, 0.3) is 5.69 Å². The van der Waals surface area contributed by atoms with E-state index in [0.717, 1.165) is 0 Å². The molecule has 0 N–H and O–H groups in total. The molecule has 0 atom stereocenters. The first-order valence-corrected chi connectivity index (χ1v) is 3.80. The minimum absolute atomic E-state index is 0.0798. The van der Waals surface area contributed by atoms with Crippen LogP contribution in [-0.4, -0.2) is 9.49 Å². The third kappa shape index (κ3) is 2.94. The van der Waals surface area contributed by atoms with Crippen molar-refractivity contribution in [2.75, 3.05) is 0 Å². The number of rotatable bonds is 1. The summed E-state index contributed by atoms with van der Waals surface area (Å²) >= 11 is 0. The molecule has 0 aliphatic rings. The molecule has 4 heteroatoms. The largest absolute Gasteiger partial charge is 0.357 e. The zero-order valence-corrected chi connectivity index (χ0v) is 7.25. The number of aryl methyl sites for hydroxylation is 1. The predicted octanol–water partition coefficient (Wildman–Crippen LogP) is 2.06. The van der Waals surface area contributed by atoms with E-state index in [9.17, 15) is 10.1 Å². The highest BCUT2D eigenvalue weighted by Crippen LogP contribution is 2.04. The summed E-state index contributed by atoms with van der Waals surface area (Å²) in [7, 11) is 1.85. The Morgan fingerprint density at radius 1 is 1.23 bits per heavy atom. The van der Waals surface area contributed by atoms with E-state index in [1.807, 2.05) is 17.8 Å². The van der Waals surface area contributed by atoms with Crippen molar-refractivity contribution in [3.05, 3.63) is 52.8 Å². The minimum atomic E-state index is -0.417. The van der Waals surface area contributed by atoms with Crippen molar-refractivity contribution in [3.8, 4) is 0 Å². The molecule has 0 amide bonds. The third-order valence-corrected chi connectivity index (χ3v) is 1.50. The molecule has 4 nitrogen and oxygen atoms in total. The summed E-state index contributed by atoms with van der Waals surface area (Å²) in [5.41, 5.74) is 0.0798. The van der Waals surface area contributed by atoms with E-state index < -0.39 is 4.92 Å². The van der Waals surface area contributed by atoms with Crippen LogP contribution in [-0.2, 0) is 7.05 Å². The number of aromatic nitrogens is 1. The Kier molecular flexibility index (Phi) is 3.03. The Bertz CT molecular complexity index is 356. The summed E-state index contributed by atoms with van der Waals surface area (Å²) in [6.45, 7) is 0. The summed E-state index contributed by atoms with van der Waals surface area (Å²) < 4.78 is 1.81. The van der Waals surface area contributed by atoms with Gasteiger partial charge < -0.3 is 4.57 Å². The van der Waals surface area contributed by atoms with Gasteiger partial charge in [-0.25, -0.2) is 0 Å². The Hall–Kier alpha value is -1.84.